The first-order valence-corrected chi connectivity index (χ1v) is 14.1. The van der Waals surface area contributed by atoms with Crippen LogP contribution in [0.15, 0.2) is 22.7 Å². The molecule has 2 aliphatic heterocycles. The molecule has 2 unspecified atom stereocenters. The van der Waals surface area contributed by atoms with Gasteiger partial charge in [0, 0.05) is 17.7 Å². The molecule has 0 spiro atoms. The summed E-state index contributed by atoms with van der Waals surface area (Å²) in [7, 11) is 0. The number of anilines is 1. The summed E-state index contributed by atoms with van der Waals surface area (Å²) in [6.45, 7) is 2.74. The van der Waals surface area contributed by atoms with Gasteiger partial charge in [-0.2, -0.15) is 0 Å². The molecule has 0 saturated carbocycles. The first-order valence-electron chi connectivity index (χ1n) is 12.2. The predicted molar refractivity (Wildman–Crippen MR) is 143 cm³/mol. The summed E-state index contributed by atoms with van der Waals surface area (Å²) in [5.74, 6) is -2.77. The number of β-lactam (4-membered cyclic amide) rings is 1. The molecule has 0 radical (unpaired) electrons. The van der Waals surface area contributed by atoms with Gasteiger partial charge >= 0.3 is 18.0 Å². The molecule has 1 aromatic heterocycles. The van der Waals surface area contributed by atoms with Gasteiger partial charge in [0.15, 0.2) is 10.8 Å². The Balaban J connectivity index is 1.68. The van der Waals surface area contributed by atoms with E-state index in [1.165, 1.54) is 34.2 Å². The van der Waals surface area contributed by atoms with Crippen molar-refractivity contribution >= 4 is 63.8 Å². The number of carbonyl (C=O) groups excluding carboxylic acids is 5. The maximum atomic E-state index is 13.2. The first-order chi connectivity index (χ1) is 19.1. The largest absolute Gasteiger partial charge is 0.445 e. The second-order valence-corrected chi connectivity index (χ2v) is 10.8. The minimum absolute atomic E-state index is 0.0531. The number of esters is 2. The van der Waals surface area contributed by atoms with E-state index in [-0.39, 0.29) is 35.6 Å². The molecule has 3 amide bonds. The zero-order valence-electron chi connectivity index (χ0n) is 21.7. The van der Waals surface area contributed by atoms with Crippen LogP contribution in [0.5, 0.6) is 0 Å². The van der Waals surface area contributed by atoms with Gasteiger partial charge in [0.25, 0.3) is 5.91 Å². The van der Waals surface area contributed by atoms with Crippen molar-refractivity contribution in [3.63, 3.8) is 0 Å². The van der Waals surface area contributed by atoms with E-state index < -0.39 is 59.2 Å². The van der Waals surface area contributed by atoms with E-state index in [1.54, 1.807) is 0 Å². The number of oxime groups is 1. The van der Waals surface area contributed by atoms with E-state index in [9.17, 15) is 29.2 Å². The van der Waals surface area contributed by atoms with Crippen molar-refractivity contribution in [1.82, 2.24) is 15.2 Å². The van der Waals surface area contributed by atoms with Gasteiger partial charge < -0.3 is 41.1 Å². The summed E-state index contributed by atoms with van der Waals surface area (Å²) in [5.41, 5.74) is 8.83. The third-order valence-corrected chi connectivity index (χ3v) is 8.57. The quantitative estimate of drug-likeness (QED) is 0.0488. The molecule has 3 heterocycles. The molecule has 0 bridgehead atoms. The Morgan fingerprint density at radius 2 is 2.02 bits per heavy atom. The number of nitrogen functional groups attached to an aromatic ring is 1. The summed E-state index contributed by atoms with van der Waals surface area (Å²) in [5, 5.41) is 15.9. The first kappa shape index (κ1) is 30.7. The van der Waals surface area contributed by atoms with Crippen LogP contribution in [0.1, 0.15) is 32.4 Å². The Bertz CT molecular complexity index is 1200. The monoisotopic (exact) mass is 598 g/mol. The number of nitrogens with one attached hydrogen (secondary N) is 1. The van der Waals surface area contributed by atoms with Crippen molar-refractivity contribution in [2.75, 3.05) is 31.4 Å². The number of thioether (sulfide) groups is 1. The lowest BCUT2D eigenvalue weighted by atomic mass is 9.86. The molecule has 17 heteroatoms. The van der Waals surface area contributed by atoms with Gasteiger partial charge in [0.1, 0.15) is 29.1 Å². The summed E-state index contributed by atoms with van der Waals surface area (Å²) >= 11 is 2.25. The van der Waals surface area contributed by atoms with Crippen molar-refractivity contribution in [3.05, 3.63) is 23.2 Å². The lowest BCUT2D eigenvalue weighted by Gasteiger charge is -2.53. The zero-order chi connectivity index (χ0) is 29.4. The van der Waals surface area contributed by atoms with Gasteiger partial charge in [-0.05, 0) is 18.9 Å². The van der Waals surface area contributed by atoms with Gasteiger partial charge in [0.2, 0.25) is 12.7 Å². The molecular weight excluding hydrogens is 568 g/mol. The maximum absolute atomic E-state index is 13.2. The summed E-state index contributed by atoms with van der Waals surface area (Å²) in [6, 6.07) is -0.956. The number of ether oxygens (including phenoxy) is 3. The lowest BCUT2D eigenvalue weighted by Crippen LogP contribution is -2.74. The van der Waals surface area contributed by atoms with Crippen LogP contribution in [-0.2, 0) is 33.4 Å². The zero-order valence-corrected chi connectivity index (χ0v) is 23.4. The lowest BCUT2D eigenvalue weighted by molar-refractivity contribution is -0.176. The Hall–Kier alpha value is -3.86. The van der Waals surface area contributed by atoms with E-state index in [0.29, 0.717) is 12.8 Å². The van der Waals surface area contributed by atoms with Gasteiger partial charge in [-0.15, -0.1) is 23.1 Å². The van der Waals surface area contributed by atoms with Crippen LogP contribution in [0.2, 0.25) is 0 Å². The van der Waals surface area contributed by atoms with Crippen molar-refractivity contribution in [3.8, 4) is 0 Å². The van der Waals surface area contributed by atoms with Crippen LogP contribution >= 0.6 is 23.1 Å². The number of carbonyl (C=O) groups is 5. The third-order valence-electron chi connectivity index (χ3n) is 6.35. The standard InChI is InChI=1S/C23H30N6O9S2/c1-3-12(4-2)19(32)37-11-38-20(33)23(6-5-7-36-22(25)34)9-29-17(31)15(18(29)40-10-23)27-16(30)14(28-35)13-8-39-21(24)26-13/h5-6,8,12,15,18,35H,3-4,7,9-11H2,1-2H3,(H2,24,26)(H2,25,34)(H,27,30)/t15?,18-,23?/m1/s1. The van der Waals surface area contributed by atoms with Crippen LogP contribution in [-0.4, -0.2) is 87.8 Å². The van der Waals surface area contributed by atoms with Gasteiger partial charge in [-0.25, -0.2) is 9.78 Å². The number of hydrogen-bond donors (Lipinski definition) is 4. The molecule has 6 N–H and O–H groups in total. The van der Waals surface area contributed by atoms with Crippen molar-refractivity contribution in [1.29, 1.82) is 0 Å². The summed E-state index contributed by atoms with van der Waals surface area (Å²) < 4.78 is 15.0. The molecule has 3 rings (SSSR count). The highest BCUT2D eigenvalue weighted by Gasteiger charge is 2.57. The van der Waals surface area contributed by atoms with E-state index in [0.717, 1.165) is 11.3 Å². The molecular formula is C23H30N6O9S2. The van der Waals surface area contributed by atoms with Crippen molar-refractivity contribution in [2.24, 2.45) is 22.2 Å². The van der Waals surface area contributed by atoms with Gasteiger partial charge in [0.05, 0.1) is 5.92 Å². The second-order valence-electron chi connectivity index (χ2n) is 8.85. The average molecular weight is 599 g/mol. The Labute approximate surface area is 237 Å². The summed E-state index contributed by atoms with van der Waals surface area (Å²) in [4.78, 5) is 67.2. The Morgan fingerprint density at radius 1 is 1.30 bits per heavy atom. The van der Waals surface area contributed by atoms with Crippen LogP contribution in [0.4, 0.5) is 9.93 Å². The van der Waals surface area contributed by atoms with E-state index in [2.05, 4.69) is 20.2 Å². The minimum atomic E-state index is -1.37. The number of fused-ring (bicyclic) bond motifs is 1. The number of aromatic nitrogens is 1. The van der Waals surface area contributed by atoms with Crippen LogP contribution < -0.4 is 16.8 Å². The molecule has 2 fully saturated rings. The van der Waals surface area contributed by atoms with Crippen molar-refractivity contribution < 1.29 is 43.4 Å². The molecule has 40 heavy (non-hydrogen) atoms. The van der Waals surface area contributed by atoms with Crippen LogP contribution in [0.3, 0.4) is 0 Å². The average Bonchev–Trinajstić information content (AvgIpc) is 3.36. The van der Waals surface area contributed by atoms with Crippen LogP contribution in [0.25, 0.3) is 0 Å². The topological polar surface area (TPSA) is 226 Å². The number of primary amides is 1. The molecule has 15 nitrogen and oxygen atoms in total. The maximum Gasteiger partial charge on any atom is 0.404 e. The third kappa shape index (κ3) is 6.82. The molecule has 0 aromatic carbocycles. The van der Waals surface area contributed by atoms with Gasteiger partial charge in [-0.1, -0.05) is 25.1 Å². The predicted octanol–water partition coefficient (Wildman–Crippen LogP) is 0.422. The summed E-state index contributed by atoms with van der Waals surface area (Å²) in [6.07, 6.45) is 3.00. The van der Waals surface area contributed by atoms with Gasteiger partial charge in [-0.3, -0.25) is 19.2 Å². The fraction of sp³-hybridized carbons (Fsp3) is 0.522. The Morgan fingerprint density at radius 3 is 2.62 bits per heavy atom. The molecule has 218 valence electrons. The molecule has 2 aliphatic rings. The van der Waals surface area contributed by atoms with Crippen LogP contribution in [0, 0.1) is 11.3 Å². The number of hydrogen-bond acceptors (Lipinski definition) is 14. The molecule has 3 atom stereocenters. The smallest absolute Gasteiger partial charge is 0.404 e. The fourth-order valence-electron chi connectivity index (χ4n) is 4.13. The molecule has 0 aliphatic carbocycles. The van der Waals surface area contributed by atoms with E-state index in [4.69, 9.17) is 20.9 Å². The number of thiazole rings is 1. The number of nitrogens with two attached hydrogens (primary N) is 2. The van der Waals surface area contributed by atoms with E-state index >= 15 is 0 Å². The Kier molecular flexibility index (Phi) is 10.3. The molecule has 1 aromatic rings. The SMILES string of the molecule is CCC(CC)C(=O)OCOC(=O)C1(C=CCOC(N)=O)CS[C@@H]2C(NC(=O)C(=NO)c3csc(N)n3)C(=O)N2C1. The number of amides is 3. The highest BCUT2D eigenvalue weighted by molar-refractivity contribution is 8.00. The molecule has 2 saturated heterocycles. The minimum Gasteiger partial charge on any atom is -0.445 e. The van der Waals surface area contributed by atoms with E-state index in [1.807, 2.05) is 13.8 Å². The number of nitrogens with zero attached hydrogens (tertiary/aromatic N) is 3. The highest BCUT2D eigenvalue weighted by Crippen LogP contribution is 2.43. The highest BCUT2D eigenvalue weighted by atomic mass is 32.2. The number of rotatable bonds is 12. The second kappa shape index (κ2) is 13.5. The normalized spacial score (nSPS) is 22.4. The fourth-order valence-corrected chi connectivity index (χ4v) is 6.19. The van der Waals surface area contributed by atoms with Crippen molar-refractivity contribution in [2.45, 2.75) is 38.1 Å².